The minimum Gasteiger partial charge on any atom is -0.744 e. The molecule has 34 heteroatoms. The molecule has 0 bridgehead atoms. The maximum absolute atomic E-state index is 12.5. The van der Waals surface area contributed by atoms with Crippen molar-refractivity contribution in [3.8, 4) is 0 Å². The fourth-order valence-electron chi connectivity index (χ4n) is 3.66. The number of nitrogen functional groups attached to an aromatic ring is 2. The normalized spacial score (nSPS) is 12.4. The number of sulfone groups is 2. The van der Waals surface area contributed by atoms with Crippen LogP contribution in [0.25, 0.3) is 0 Å². The van der Waals surface area contributed by atoms with Crippen molar-refractivity contribution in [1.82, 2.24) is 0 Å². The predicted octanol–water partition coefficient (Wildman–Crippen LogP) is -11.7. The molecule has 0 spiro atoms. The third-order valence-electron chi connectivity index (χ3n) is 5.99. The van der Waals surface area contributed by atoms with Gasteiger partial charge in [0.05, 0.1) is 61.4 Å². The van der Waals surface area contributed by atoms with E-state index < -0.39 is 118 Å². The summed E-state index contributed by atoms with van der Waals surface area (Å²) in [5.41, 5.74) is 8.09. The Morgan fingerprint density at radius 3 is 1.66 bits per heavy atom. The van der Waals surface area contributed by atoms with Crippen LogP contribution >= 0.6 is 12.3 Å². The molecule has 0 radical (unpaired) electrons. The molecule has 3 aromatic carbocycles. The topological polar surface area (TPSA) is 401 Å². The second-order valence-electron chi connectivity index (χ2n) is 9.40. The summed E-state index contributed by atoms with van der Waals surface area (Å²) in [4.78, 5) is -3.46. The number of benzene rings is 3. The van der Waals surface area contributed by atoms with Crippen molar-refractivity contribution in [2.45, 2.75) is 19.6 Å². The largest absolute Gasteiger partial charge is 1.00 e. The van der Waals surface area contributed by atoms with Crippen molar-refractivity contribution in [2.75, 3.05) is 36.2 Å². The molecular weight excluding hydrogens is 921 g/mol. The molecule has 0 fully saturated rings. The Morgan fingerprint density at radius 1 is 0.607 bits per heavy atom. The van der Waals surface area contributed by atoms with Gasteiger partial charge in [0.25, 0.3) is 0 Å². The van der Waals surface area contributed by atoms with Crippen LogP contribution in [0.15, 0.2) is 88.6 Å². The van der Waals surface area contributed by atoms with E-state index in [-0.39, 0.29) is 141 Å². The van der Waals surface area contributed by atoms with Gasteiger partial charge in [0.15, 0.2) is 32.0 Å². The standard InChI is InChI=1S/C22H24N6O18S6.4Na/c23-20-17(27-25-13-1-3-14(4-2-13)48(30,31)9-7-43-47-46-45-29)12-19(51(37,38)39)21(24)22(20)28-26-16-6-5-15(11-18(16)50(34,35)36)49(32,33)10-8-44-52(40,41)42;;;;/h1-6,11-12,29H,7-10,23-24H2,(H,34,35,36)(H,37,38,39)(H,40,41,42);;;;/q;4*+1/p-4. The molecule has 0 saturated heterocycles. The Morgan fingerprint density at radius 2 is 1.12 bits per heavy atom. The van der Waals surface area contributed by atoms with E-state index in [1.165, 1.54) is 12.1 Å². The summed E-state index contributed by atoms with van der Waals surface area (Å²) in [7, 11) is -24.6. The number of nitrogens with zero attached hydrogens (tertiary/aromatic N) is 4. The first-order valence-electron chi connectivity index (χ1n) is 13.0. The molecule has 3 rings (SSSR count). The van der Waals surface area contributed by atoms with E-state index in [0.717, 1.165) is 18.2 Å². The van der Waals surface area contributed by atoms with Crippen LogP contribution < -0.4 is 135 Å². The van der Waals surface area contributed by atoms with Crippen LogP contribution in [-0.2, 0) is 68.0 Å². The Hall–Kier alpha value is 0.240. The SMILES string of the molecule is Nc1c(N=Nc2ccc(S(=O)(=O)CCOSOO[O-])cc2)cc(S(=O)(=O)[O-])c(N)c1N=Nc1ccc(S(=O)(=O)CCOS(=O)(=O)[O-])cc1S(=O)(=O)[O-].[Na+].[Na+].[Na+].[Na+]. The van der Waals surface area contributed by atoms with Gasteiger partial charge in [-0.2, -0.15) is 5.11 Å². The van der Waals surface area contributed by atoms with Crippen LogP contribution in [0.1, 0.15) is 0 Å². The maximum atomic E-state index is 12.5. The summed E-state index contributed by atoms with van der Waals surface area (Å²) >= 11 is 0.112. The monoisotopic (exact) mass is 940 g/mol. The molecule has 0 aliphatic heterocycles. The first kappa shape index (κ1) is 58.3. The molecule has 0 amide bonds. The van der Waals surface area contributed by atoms with Crippen LogP contribution in [0.4, 0.5) is 34.1 Å². The minimum absolute atomic E-state index is 0. The van der Waals surface area contributed by atoms with E-state index in [4.69, 9.17) is 11.5 Å². The number of hydrogen-bond acceptors (Lipinski definition) is 25. The molecule has 0 aliphatic carbocycles. The van der Waals surface area contributed by atoms with Crippen LogP contribution in [0.3, 0.4) is 0 Å². The summed E-state index contributed by atoms with van der Waals surface area (Å²) in [6, 6.07) is 6.94. The molecule has 3 aromatic rings. The molecule has 0 unspecified atom stereocenters. The van der Waals surface area contributed by atoms with Gasteiger partial charge in [-0.15, -0.1) is 19.7 Å². The third kappa shape index (κ3) is 17.7. The number of azo groups is 2. The van der Waals surface area contributed by atoms with Gasteiger partial charge < -0.3 is 30.4 Å². The molecule has 0 atom stereocenters. The zero-order chi connectivity index (χ0) is 39.1. The van der Waals surface area contributed by atoms with Crippen molar-refractivity contribution in [2.24, 2.45) is 20.5 Å². The van der Waals surface area contributed by atoms with Gasteiger partial charge in [0.2, 0.25) is 10.4 Å². The zero-order valence-corrected chi connectivity index (χ0v) is 42.1. The Kier molecular flexibility index (Phi) is 25.6. The molecule has 286 valence electrons. The summed E-state index contributed by atoms with van der Waals surface area (Å²) in [6.07, 6.45) is 0. The maximum Gasteiger partial charge on any atom is 1.00 e. The van der Waals surface area contributed by atoms with Gasteiger partial charge in [-0.3, -0.25) is 13.4 Å². The molecule has 24 nitrogen and oxygen atoms in total. The minimum atomic E-state index is -5.54. The van der Waals surface area contributed by atoms with Crippen molar-refractivity contribution in [3.05, 3.63) is 48.5 Å². The van der Waals surface area contributed by atoms with Gasteiger partial charge in [0, 0.05) is 0 Å². The van der Waals surface area contributed by atoms with E-state index in [1.807, 2.05) is 0 Å². The Bertz CT molecular complexity index is 2440. The number of rotatable bonds is 18. The Labute approximate surface area is 412 Å². The number of hydrogen-bond donors (Lipinski definition) is 2. The predicted molar refractivity (Wildman–Crippen MR) is 168 cm³/mol. The quantitative estimate of drug-likeness (QED) is 0.0138. The van der Waals surface area contributed by atoms with Crippen molar-refractivity contribution in [1.29, 1.82) is 0 Å². The van der Waals surface area contributed by atoms with Crippen molar-refractivity contribution < 1.29 is 197 Å². The smallest absolute Gasteiger partial charge is 0.744 e. The summed E-state index contributed by atoms with van der Waals surface area (Å²) in [5.74, 6) is -1.67. The fraction of sp³-hybridized carbons (Fsp3) is 0.182. The van der Waals surface area contributed by atoms with Crippen LogP contribution in [0, 0.1) is 0 Å². The first-order chi connectivity index (χ1) is 24.0. The number of anilines is 2. The van der Waals surface area contributed by atoms with E-state index in [9.17, 15) is 61.0 Å². The van der Waals surface area contributed by atoms with E-state index in [1.54, 1.807) is 0 Å². The molecule has 0 aromatic heterocycles. The van der Waals surface area contributed by atoms with Gasteiger partial charge in [-0.05, 0) is 48.5 Å². The second kappa shape index (κ2) is 24.6. The summed E-state index contributed by atoms with van der Waals surface area (Å²) < 4.78 is 166. The summed E-state index contributed by atoms with van der Waals surface area (Å²) in [5, 5.41) is 27.4. The Balaban J connectivity index is 0. The van der Waals surface area contributed by atoms with Gasteiger partial charge in [-0.25, -0.2) is 42.1 Å². The number of nitrogens with two attached hydrogens (primary N) is 2. The third-order valence-corrected chi connectivity index (χ3v) is 11.9. The van der Waals surface area contributed by atoms with Gasteiger partial charge >= 0.3 is 118 Å². The van der Waals surface area contributed by atoms with E-state index >= 15 is 0 Å². The van der Waals surface area contributed by atoms with E-state index in [0.29, 0.717) is 18.2 Å². The molecule has 0 aliphatic rings. The average Bonchev–Trinajstić information content (AvgIpc) is 3.02. The molecule has 56 heavy (non-hydrogen) atoms. The van der Waals surface area contributed by atoms with Crippen LogP contribution in [0.2, 0.25) is 0 Å². The molecule has 0 heterocycles. The van der Waals surface area contributed by atoms with Crippen LogP contribution in [0.5, 0.6) is 0 Å². The zero-order valence-electron chi connectivity index (χ0n) is 29.2. The second-order valence-corrected chi connectivity index (χ2v) is 17.9. The van der Waals surface area contributed by atoms with E-state index in [2.05, 4.69) is 38.2 Å². The van der Waals surface area contributed by atoms with Crippen molar-refractivity contribution >= 4 is 96.8 Å². The molecule has 0 saturated carbocycles. The van der Waals surface area contributed by atoms with Gasteiger partial charge in [0.1, 0.15) is 37.3 Å². The molecular formula is C22H20N6Na4O18S6. The van der Waals surface area contributed by atoms with Crippen LogP contribution in [-0.4, -0.2) is 80.5 Å². The molecule has 4 N–H and O–H groups in total. The van der Waals surface area contributed by atoms with Gasteiger partial charge in [-0.1, -0.05) is 0 Å². The average molecular weight is 941 g/mol. The first-order valence-corrected chi connectivity index (χ1v) is 21.1. The fourth-order valence-corrected chi connectivity index (χ4v) is 7.90. The van der Waals surface area contributed by atoms with Crippen molar-refractivity contribution in [3.63, 3.8) is 0 Å². The summed E-state index contributed by atoms with van der Waals surface area (Å²) in [6.45, 7) is -1.54.